The fourth-order valence-corrected chi connectivity index (χ4v) is 2.06. The van der Waals surface area contributed by atoms with Gasteiger partial charge in [-0.05, 0) is 12.1 Å². The van der Waals surface area contributed by atoms with E-state index < -0.39 is 0 Å². The van der Waals surface area contributed by atoms with Crippen molar-refractivity contribution in [2.24, 2.45) is 7.05 Å². The number of aryl methyl sites for hydroxylation is 1. The highest BCUT2D eigenvalue weighted by Gasteiger charge is 2.12. The minimum Gasteiger partial charge on any atom is -0.331 e. The first-order chi connectivity index (χ1) is 7.54. The maximum atomic E-state index is 10.8. The van der Waals surface area contributed by atoms with Crippen LogP contribution < -0.4 is 0 Å². The second kappa shape index (κ2) is 3.91. The van der Waals surface area contributed by atoms with Crippen molar-refractivity contribution in [1.82, 2.24) is 9.55 Å². The van der Waals surface area contributed by atoms with Crippen molar-refractivity contribution in [3.05, 3.63) is 28.5 Å². The van der Waals surface area contributed by atoms with E-state index in [1.165, 1.54) is 0 Å². The van der Waals surface area contributed by atoms with Gasteiger partial charge in [-0.25, -0.2) is 4.98 Å². The molecule has 3 nitrogen and oxygen atoms in total. The van der Waals surface area contributed by atoms with Gasteiger partial charge in [-0.1, -0.05) is 25.4 Å². The van der Waals surface area contributed by atoms with E-state index in [4.69, 9.17) is 11.6 Å². The molecule has 0 aliphatic rings. The lowest BCUT2D eigenvalue weighted by Crippen LogP contribution is -1.99. The molecular formula is C12H13ClN2O. The maximum Gasteiger partial charge on any atom is 0.151 e. The van der Waals surface area contributed by atoms with Crippen LogP contribution in [0.4, 0.5) is 0 Å². The highest BCUT2D eigenvalue weighted by atomic mass is 35.5. The van der Waals surface area contributed by atoms with E-state index in [9.17, 15) is 4.79 Å². The van der Waals surface area contributed by atoms with Gasteiger partial charge in [0.25, 0.3) is 0 Å². The van der Waals surface area contributed by atoms with Crippen LogP contribution in [0.1, 0.15) is 35.9 Å². The zero-order valence-electron chi connectivity index (χ0n) is 9.49. The SMILES string of the molecule is CC(C)c1nc2cc(Cl)c(C=O)cc2n1C. The number of hydrogen-bond acceptors (Lipinski definition) is 2. The largest absolute Gasteiger partial charge is 0.331 e. The second-order valence-electron chi connectivity index (χ2n) is 4.16. The summed E-state index contributed by atoms with van der Waals surface area (Å²) in [4.78, 5) is 15.3. The molecule has 1 aromatic heterocycles. The van der Waals surface area contributed by atoms with Crippen molar-refractivity contribution in [3.63, 3.8) is 0 Å². The molecule has 84 valence electrons. The van der Waals surface area contributed by atoms with E-state index in [0.29, 0.717) is 16.5 Å². The zero-order valence-corrected chi connectivity index (χ0v) is 10.2. The van der Waals surface area contributed by atoms with Crippen LogP contribution in [0.25, 0.3) is 11.0 Å². The third-order valence-electron chi connectivity index (χ3n) is 2.68. The van der Waals surface area contributed by atoms with Crippen LogP contribution >= 0.6 is 11.6 Å². The van der Waals surface area contributed by atoms with Gasteiger partial charge < -0.3 is 4.57 Å². The van der Waals surface area contributed by atoms with Crippen molar-refractivity contribution < 1.29 is 4.79 Å². The summed E-state index contributed by atoms with van der Waals surface area (Å²) in [6.07, 6.45) is 0.768. The summed E-state index contributed by atoms with van der Waals surface area (Å²) in [5, 5.41) is 0.455. The number of nitrogens with zero attached hydrogens (tertiary/aromatic N) is 2. The Hall–Kier alpha value is -1.35. The number of benzene rings is 1. The van der Waals surface area contributed by atoms with Crippen LogP contribution in [0, 0.1) is 0 Å². The average Bonchev–Trinajstić information content (AvgIpc) is 2.54. The molecule has 0 aliphatic heterocycles. The molecule has 0 radical (unpaired) electrons. The molecule has 0 N–H and O–H groups in total. The molecule has 2 aromatic rings. The van der Waals surface area contributed by atoms with Gasteiger partial charge in [0, 0.05) is 18.5 Å². The van der Waals surface area contributed by atoms with E-state index in [1.54, 1.807) is 12.1 Å². The summed E-state index contributed by atoms with van der Waals surface area (Å²) < 4.78 is 2.00. The monoisotopic (exact) mass is 236 g/mol. The third kappa shape index (κ3) is 1.61. The van der Waals surface area contributed by atoms with Gasteiger partial charge in [0.05, 0.1) is 16.1 Å². The molecule has 0 bridgehead atoms. The summed E-state index contributed by atoms with van der Waals surface area (Å²) in [7, 11) is 1.95. The van der Waals surface area contributed by atoms with E-state index in [0.717, 1.165) is 23.1 Å². The molecule has 1 heterocycles. The number of aromatic nitrogens is 2. The van der Waals surface area contributed by atoms with Crippen molar-refractivity contribution in [2.75, 3.05) is 0 Å². The lowest BCUT2D eigenvalue weighted by molar-refractivity contribution is 0.112. The number of carbonyl (C=O) groups excluding carboxylic acids is 1. The first-order valence-electron chi connectivity index (χ1n) is 5.15. The first kappa shape index (κ1) is 11.1. The third-order valence-corrected chi connectivity index (χ3v) is 3.00. The van der Waals surface area contributed by atoms with Crippen LogP contribution in [0.15, 0.2) is 12.1 Å². The molecule has 2 rings (SSSR count). The van der Waals surface area contributed by atoms with E-state index in [1.807, 2.05) is 11.6 Å². The van der Waals surface area contributed by atoms with Crippen LogP contribution in [0.2, 0.25) is 5.02 Å². The molecule has 4 heteroatoms. The minimum absolute atomic E-state index is 0.343. The summed E-state index contributed by atoms with van der Waals surface area (Å²) in [6, 6.07) is 3.52. The highest BCUT2D eigenvalue weighted by Crippen LogP contribution is 2.25. The molecule has 16 heavy (non-hydrogen) atoms. The molecule has 0 fully saturated rings. The molecule has 0 spiro atoms. The number of halogens is 1. The number of fused-ring (bicyclic) bond motifs is 1. The Bertz CT molecular complexity index is 558. The Labute approximate surface area is 99.0 Å². The fourth-order valence-electron chi connectivity index (χ4n) is 1.85. The first-order valence-corrected chi connectivity index (χ1v) is 5.53. The number of carbonyl (C=O) groups is 1. The molecule has 0 unspecified atom stereocenters. The smallest absolute Gasteiger partial charge is 0.151 e. The van der Waals surface area contributed by atoms with Gasteiger partial charge in [0.2, 0.25) is 0 Å². The maximum absolute atomic E-state index is 10.8. The van der Waals surface area contributed by atoms with E-state index in [2.05, 4.69) is 18.8 Å². The Morgan fingerprint density at radius 3 is 2.69 bits per heavy atom. The van der Waals surface area contributed by atoms with Gasteiger partial charge in [-0.3, -0.25) is 4.79 Å². The van der Waals surface area contributed by atoms with Crippen molar-refractivity contribution in [3.8, 4) is 0 Å². The summed E-state index contributed by atoms with van der Waals surface area (Å²) in [6.45, 7) is 4.17. The Morgan fingerprint density at radius 1 is 1.44 bits per heavy atom. The number of aldehydes is 1. The minimum atomic E-state index is 0.343. The predicted molar refractivity (Wildman–Crippen MR) is 65.2 cm³/mol. The Kier molecular flexibility index (Phi) is 2.72. The van der Waals surface area contributed by atoms with Crippen LogP contribution in [-0.4, -0.2) is 15.8 Å². The van der Waals surface area contributed by atoms with Gasteiger partial charge in [-0.2, -0.15) is 0 Å². The molecule has 0 aliphatic carbocycles. The van der Waals surface area contributed by atoms with Crippen molar-refractivity contribution >= 4 is 28.9 Å². The zero-order chi connectivity index (χ0) is 11.9. The van der Waals surface area contributed by atoms with Gasteiger partial charge in [0.15, 0.2) is 6.29 Å². The van der Waals surface area contributed by atoms with Crippen LogP contribution in [0.5, 0.6) is 0 Å². The second-order valence-corrected chi connectivity index (χ2v) is 4.57. The Morgan fingerprint density at radius 2 is 2.12 bits per heavy atom. The summed E-state index contributed by atoms with van der Waals surface area (Å²) in [5.41, 5.74) is 2.28. The fraction of sp³-hybridized carbons (Fsp3) is 0.333. The van der Waals surface area contributed by atoms with Crippen molar-refractivity contribution in [1.29, 1.82) is 0 Å². The number of rotatable bonds is 2. The number of hydrogen-bond donors (Lipinski definition) is 0. The molecule has 0 saturated carbocycles. The average molecular weight is 237 g/mol. The highest BCUT2D eigenvalue weighted by molar-refractivity contribution is 6.33. The van der Waals surface area contributed by atoms with Crippen LogP contribution in [-0.2, 0) is 7.05 Å². The summed E-state index contributed by atoms with van der Waals surface area (Å²) in [5.74, 6) is 1.34. The molecule has 0 saturated heterocycles. The number of imidazole rings is 1. The van der Waals surface area contributed by atoms with E-state index in [-0.39, 0.29) is 0 Å². The van der Waals surface area contributed by atoms with E-state index >= 15 is 0 Å². The molecule has 1 aromatic carbocycles. The topological polar surface area (TPSA) is 34.9 Å². The van der Waals surface area contributed by atoms with Gasteiger partial charge in [-0.15, -0.1) is 0 Å². The quantitative estimate of drug-likeness (QED) is 0.751. The molecule has 0 amide bonds. The lowest BCUT2D eigenvalue weighted by Gasteiger charge is -2.04. The van der Waals surface area contributed by atoms with Crippen LogP contribution in [0.3, 0.4) is 0 Å². The standard InChI is InChI=1S/C12H13ClN2O/c1-7(2)12-14-10-5-9(13)8(6-16)4-11(10)15(12)3/h4-7H,1-3H3. The molecule has 0 atom stereocenters. The summed E-state index contributed by atoms with van der Waals surface area (Å²) >= 11 is 5.96. The van der Waals surface area contributed by atoms with Gasteiger partial charge >= 0.3 is 0 Å². The van der Waals surface area contributed by atoms with Gasteiger partial charge in [0.1, 0.15) is 5.82 Å². The lowest BCUT2D eigenvalue weighted by atomic mass is 10.2. The van der Waals surface area contributed by atoms with Crippen molar-refractivity contribution in [2.45, 2.75) is 19.8 Å². The molecular weight excluding hydrogens is 224 g/mol. The normalized spacial score (nSPS) is 11.3. The predicted octanol–water partition coefficient (Wildman–Crippen LogP) is 3.16. The Balaban J connectivity index is 2.77.